The maximum atomic E-state index is 11.8. The lowest BCUT2D eigenvalue weighted by Gasteiger charge is -2.19. The molecule has 0 radical (unpaired) electrons. The molecule has 7 nitrogen and oxygen atoms in total. The van der Waals surface area contributed by atoms with Gasteiger partial charge in [-0.05, 0) is 6.92 Å². The minimum Gasteiger partial charge on any atom is -0.480 e. The fourth-order valence-corrected chi connectivity index (χ4v) is 1.39. The van der Waals surface area contributed by atoms with Crippen molar-refractivity contribution in [3.05, 3.63) is 18.2 Å². The molecular formula is C9H14N4O3. The number of nitrogens with two attached hydrogens (primary N) is 2. The molecule has 0 aliphatic heterocycles. The molecule has 1 heterocycles. The Balaban J connectivity index is 3.04. The van der Waals surface area contributed by atoms with Crippen molar-refractivity contribution >= 4 is 11.8 Å². The van der Waals surface area contributed by atoms with Crippen LogP contribution >= 0.6 is 0 Å². The van der Waals surface area contributed by atoms with Crippen molar-refractivity contribution in [1.29, 1.82) is 0 Å². The van der Waals surface area contributed by atoms with E-state index >= 15 is 0 Å². The van der Waals surface area contributed by atoms with Gasteiger partial charge in [-0.15, -0.1) is 0 Å². The zero-order valence-electron chi connectivity index (χ0n) is 8.75. The van der Waals surface area contributed by atoms with Gasteiger partial charge in [-0.2, -0.15) is 0 Å². The largest absolute Gasteiger partial charge is 0.480 e. The molecule has 0 aromatic carbocycles. The van der Waals surface area contributed by atoms with E-state index in [1.165, 1.54) is 19.4 Å². The van der Waals surface area contributed by atoms with E-state index in [0.717, 1.165) is 0 Å². The second-order valence-corrected chi connectivity index (χ2v) is 3.54. The first kappa shape index (κ1) is 12.3. The van der Waals surface area contributed by atoms with Crippen LogP contribution in [0.4, 0.5) is 0 Å². The molecule has 16 heavy (non-hydrogen) atoms. The van der Waals surface area contributed by atoms with Crippen molar-refractivity contribution in [2.75, 3.05) is 0 Å². The summed E-state index contributed by atoms with van der Waals surface area (Å²) in [6.07, 6.45) is 2.72. The number of carboxylic acid groups (broad SMARTS) is 1. The zero-order valence-corrected chi connectivity index (χ0v) is 8.75. The number of carbonyl (C=O) groups is 2. The van der Waals surface area contributed by atoms with Crippen molar-refractivity contribution in [3.63, 3.8) is 0 Å². The lowest BCUT2D eigenvalue weighted by atomic mass is 9.89. The van der Waals surface area contributed by atoms with Crippen LogP contribution in [-0.4, -0.2) is 38.9 Å². The quantitative estimate of drug-likeness (QED) is 0.499. The Hall–Kier alpha value is -1.73. The molecule has 88 valence electrons. The number of hydrogen-bond acceptors (Lipinski definition) is 5. The first-order chi connectivity index (χ1) is 7.45. The molecule has 0 unspecified atom stereocenters. The summed E-state index contributed by atoms with van der Waals surface area (Å²) in [5, 5.41) is 8.83. The van der Waals surface area contributed by atoms with Crippen molar-refractivity contribution in [2.24, 2.45) is 11.5 Å². The number of carboxylic acids is 1. The van der Waals surface area contributed by atoms with Gasteiger partial charge in [0.25, 0.3) is 0 Å². The summed E-state index contributed by atoms with van der Waals surface area (Å²) in [6.45, 7) is 1.49. The molecule has 6 N–H and O–H groups in total. The molecule has 0 saturated carbocycles. The van der Waals surface area contributed by atoms with Crippen LogP contribution in [0.25, 0.3) is 0 Å². The van der Waals surface area contributed by atoms with Gasteiger partial charge in [0.2, 0.25) is 0 Å². The number of imidazole rings is 1. The summed E-state index contributed by atoms with van der Waals surface area (Å²) >= 11 is 0. The van der Waals surface area contributed by atoms with E-state index < -0.39 is 29.8 Å². The van der Waals surface area contributed by atoms with E-state index in [-0.39, 0.29) is 0 Å². The highest BCUT2D eigenvalue weighted by Crippen LogP contribution is 2.18. The number of H-pyrrole nitrogens is 1. The number of nitrogens with one attached hydrogen (secondary N) is 1. The number of ketones is 1. The zero-order chi connectivity index (χ0) is 12.3. The number of nitrogens with zero attached hydrogens (tertiary/aromatic N) is 1. The van der Waals surface area contributed by atoms with Gasteiger partial charge < -0.3 is 21.6 Å². The first-order valence-corrected chi connectivity index (χ1v) is 4.71. The Kier molecular flexibility index (Phi) is 3.75. The number of aliphatic carboxylic acids is 1. The minimum absolute atomic E-state index is 0.359. The fourth-order valence-electron chi connectivity index (χ4n) is 1.39. The molecule has 0 bridgehead atoms. The van der Waals surface area contributed by atoms with Gasteiger partial charge in [0.05, 0.1) is 18.3 Å². The molecule has 3 atom stereocenters. The van der Waals surface area contributed by atoms with Gasteiger partial charge in [0, 0.05) is 11.9 Å². The molecule has 0 aliphatic carbocycles. The van der Waals surface area contributed by atoms with Gasteiger partial charge in [-0.3, -0.25) is 9.59 Å². The van der Waals surface area contributed by atoms with Gasteiger partial charge in [0.1, 0.15) is 6.04 Å². The third-order valence-corrected chi connectivity index (χ3v) is 2.25. The Bertz CT molecular complexity index is 374. The van der Waals surface area contributed by atoms with Gasteiger partial charge >= 0.3 is 5.97 Å². The summed E-state index contributed by atoms with van der Waals surface area (Å²) in [5.41, 5.74) is 11.3. The van der Waals surface area contributed by atoms with Crippen LogP contribution in [0.15, 0.2) is 12.5 Å². The Morgan fingerprint density at radius 2 is 2.12 bits per heavy atom. The van der Waals surface area contributed by atoms with E-state index in [2.05, 4.69) is 9.97 Å². The predicted molar refractivity (Wildman–Crippen MR) is 55.6 cm³/mol. The van der Waals surface area contributed by atoms with E-state index in [1.807, 2.05) is 0 Å². The van der Waals surface area contributed by atoms with Gasteiger partial charge in [-0.1, -0.05) is 0 Å². The predicted octanol–water partition coefficient (Wildman–Crippen LogP) is -1.18. The highest BCUT2D eigenvalue weighted by atomic mass is 16.4. The number of Topliss-reactive ketones (excluding diaryl/α,β-unsaturated/α-hetero) is 1. The van der Waals surface area contributed by atoms with Crippen LogP contribution < -0.4 is 11.5 Å². The Morgan fingerprint density at radius 1 is 1.50 bits per heavy atom. The molecule has 0 amide bonds. The highest BCUT2D eigenvalue weighted by Gasteiger charge is 2.34. The second kappa shape index (κ2) is 4.86. The maximum absolute atomic E-state index is 11.8. The molecule has 0 aliphatic rings. The molecule has 1 aromatic rings. The van der Waals surface area contributed by atoms with E-state index in [9.17, 15) is 9.59 Å². The number of aromatic nitrogens is 2. The van der Waals surface area contributed by atoms with Crippen LogP contribution in [-0.2, 0) is 9.59 Å². The summed E-state index contributed by atoms with van der Waals surface area (Å²) in [7, 11) is 0. The van der Waals surface area contributed by atoms with Crippen molar-refractivity contribution < 1.29 is 14.7 Å². The monoisotopic (exact) mass is 226 g/mol. The lowest BCUT2D eigenvalue weighted by molar-refractivity contribution is -0.141. The number of carbonyl (C=O) groups excluding carboxylic acids is 1. The summed E-state index contributed by atoms with van der Waals surface area (Å²) < 4.78 is 0. The van der Waals surface area contributed by atoms with E-state index in [4.69, 9.17) is 16.6 Å². The van der Waals surface area contributed by atoms with Gasteiger partial charge in [0.15, 0.2) is 5.78 Å². The SMILES string of the molecule is C[C@H](N)C(=O)[C@@H](c1cnc[nH]1)[C@H](N)C(=O)O. The topological polar surface area (TPSA) is 135 Å². The Morgan fingerprint density at radius 3 is 2.50 bits per heavy atom. The normalized spacial score (nSPS) is 16.4. The Labute approximate surface area is 91.8 Å². The van der Waals surface area contributed by atoms with Crippen LogP contribution in [0.1, 0.15) is 18.5 Å². The van der Waals surface area contributed by atoms with Crippen molar-refractivity contribution in [2.45, 2.75) is 24.9 Å². The average molecular weight is 226 g/mol. The molecule has 7 heteroatoms. The number of rotatable bonds is 5. The third-order valence-electron chi connectivity index (χ3n) is 2.25. The average Bonchev–Trinajstić information content (AvgIpc) is 2.70. The molecule has 0 saturated heterocycles. The standard InChI is InChI=1S/C9H14N4O3/c1-4(10)8(14)6(7(11)9(15)16)5-2-12-3-13-5/h2-4,6-7H,10-11H2,1H3,(H,12,13)(H,15,16)/t4-,6-,7-/m0/s1. The number of hydrogen-bond donors (Lipinski definition) is 4. The van der Waals surface area contributed by atoms with Crippen molar-refractivity contribution in [1.82, 2.24) is 9.97 Å². The van der Waals surface area contributed by atoms with Crippen LogP contribution in [0.5, 0.6) is 0 Å². The van der Waals surface area contributed by atoms with E-state index in [1.54, 1.807) is 0 Å². The van der Waals surface area contributed by atoms with Crippen LogP contribution in [0.2, 0.25) is 0 Å². The molecule has 1 rings (SSSR count). The first-order valence-electron chi connectivity index (χ1n) is 4.71. The smallest absolute Gasteiger partial charge is 0.321 e. The van der Waals surface area contributed by atoms with Crippen molar-refractivity contribution in [3.8, 4) is 0 Å². The van der Waals surface area contributed by atoms with Crippen LogP contribution in [0, 0.1) is 0 Å². The summed E-state index contributed by atoms with van der Waals surface area (Å²) in [6, 6.07) is -2.11. The molecule has 0 fully saturated rings. The maximum Gasteiger partial charge on any atom is 0.321 e. The molecule has 0 spiro atoms. The fraction of sp³-hybridized carbons (Fsp3) is 0.444. The van der Waals surface area contributed by atoms with Crippen LogP contribution in [0.3, 0.4) is 0 Å². The van der Waals surface area contributed by atoms with E-state index in [0.29, 0.717) is 5.69 Å². The second-order valence-electron chi connectivity index (χ2n) is 3.54. The number of aromatic amines is 1. The van der Waals surface area contributed by atoms with Gasteiger partial charge in [-0.25, -0.2) is 4.98 Å². The molecule has 1 aromatic heterocycles. The highest BCUT2D eigenvalue weighted by molar-refractivity contribution is 5.94. The molecular weight excluding hydrogens is 212 g/mol. The summed E-state index contributed by atoms with van der Waals surface area (Å²) in [5.74, 6) is -2.69. The lowest BCUT2D eigenvalue weighted by Crippen LogP contribution is -2.45. The summed E-state index contributed by atoms with van der Waals surface area (Å²) in [4.78, 5) is 29.0. The minimum atomic E-state index is -1.33. The third kappa shape index (κ3) is 2.44.